The van der Waals surface area contributed by atoms with Crippen LogP contribution in [-0.2, 0) is 18.9 Å². The van der Waals surface area contributed by atoms with Crippen molar-refractivity contribution in [1.29, 1.82) is 0 Å². The van der Waals surface area contributed by atoms with Gasteiger partial charge in [0.05, 0.1) is 16.7 Å². The second kappa shape index (κ2) is 12.5. The first-order valence-corrected chi connectivity index (χ1v) is 13.0. The zero-order valence-electron chi connectivity index (χ0n) is 22.4. The minimum atomic E-state index is -1.38. The molecule has 1 fully saturated rings. The summed E-state index contributed by atoms with van der Waals surface area (Å²) < 4.78 is 24.3. The summed E-state index contributed by atoms with van der Waals surface area (Å²) in [7, 11) is 0. The van der Waals surface area contributed by atoms with Crippen LogP contribution in [0.3, 0.4) is 0 Å². The highest BCUT2D eigenvalue weighted by molar-refractivity contribution is 5.91. The number of carbonyl (C=O) groups excluding carboxylic acids is 3. The molecule has 0 spiro atoms. The first kappa shape index (κ1) is 28.2. The van der Waals surface area contributed by atoms with Gasteiger partial charge in [-0.2, -0.15) is 0 Å². The summed E-state index contributed by atoms with van der Waals surface area (Å²) in [4.78, 5) is 66.2. The van der Waals surface area contributed by atoms with E-state index in [4.69, 9.17) is 18.9 Å². The molecule has 1 aromatic heterocycles. The Morgan fingerprint density at radius 3 is 1.74 bits per heavy atom. The van der Waals surface area contributed by atoms with Crippen molar-refractivity contribution < 1.29 is 33.3 Å². The Kier molecular flexibility index (Phi) is 8.39. The van der Waals surface area contributed by atoms with Crippen molar-refractivity contribution >= 4 is 17.9 Å². The number of aromatic amines is 1. The highest BCUT2D eigenvalue weighted by Gasteiger charge is 2.51. The van der Waals surface area contributed by atoms with E-state index in [1.165, 1.54) is 25.3 Å². The first-order valence-electron chi connectivity index (χ1n) is 13.0. The third-order valence-corrected chi connectivity index (χ3v) is 6.60. The van der Waals surface area contributed by atoms with Crippen LogP contribution in [0.25, 0.3) is 0 Å². The summed E-state index contributed by atoms with van der Waals surface area (Å²) in [5.41, 5.74) is -0.564. The number of ether oxygens (including phenoxy) is 4. The summed E-state index contributed by atoms with van der Waals surface area (Å²) >= 11 is 0. The van der Waals surface area contributed by atoms with Gasteiger partial charge in [-0.15, -0.1) is 0 Å². The van der Waals surface area contributed by atoms with Crippen LogP contribution in [0.5, 0.6) is 0 Å². The number of aromatic nitrogens is 2. The molecule has 0 saturated carbocycles. The van der Waals surface area contributed by atoms with Crippen molar-refractivity contribution in [1.82, 2.24) is 9.55 Å². The first-order chi connectivity index (χ1) is 20.3. The second-order valence-corrected chi connectivity index (χ2v) is 9.48. The Bertz CT molecular complexity index is 1680. The van der Waals surface area contributed by atoms with Gasteiger partial charge in [-0.3, -0.25) is 14.3 Å². The number of esters is 3. The average molecular weight is 571 g/mol. The van der Waals surface area contributed by atoms with Crippen molar-refractivity contribution in [2.75, 3.05) is 6.61 Å². The van der Waals surface area contributed by atoms with E-state index in [-0.39, 0.29) is 22.3 Å². The van der Waals surface area contributed by atoms with Crippen LogP contribution in [0.2, 0.25) is 0 Å². The number of nitrogens with zero attached hydrogens (tertiary/aromatic N) is 1. The molecule has 4 aromatic rings. The van der Waals surface area contributed by atoms with Gasteiger partial charge in [-0.05, 0) is 43.3 Å². The Labute approximate surface area is 239 Å². The van der Waals surface area contributed by atoms with Crippen molar-refractivity contribution in [2.24, 2.45) is 0 Å². The van der Waals surface area contributed by atoms with Crippen LogP contribution < -0.4 is 11.2 Å². The van der Waals surface area contributed by atoms with Gasteiger partial charge in [0.1, 0.15) is 12.7 Å². The quantitative estimate of drug-likeness (QED) is 0.250. The van der Waals surface area contributed by atoms with Gasteiger partial charge >= 0.3 is 23.6 Å². The fourth-order valence-electron chi connectivity index (χ4n) is 4.46. The summed E-state index contributed by atoms with van der Waals surface area (Å²) in [6.45, 7) is 1.08. The van der Waals surface area contributed by atoms with E-state index >= 15 is 0 Å². The van der Waals surface area contributed by atoms with Gasteiger partial charge in [0.15, 0.2) is 18.4 Å². The number of hydrogen-bond acceptors (Lipinski definition) is 9. The molecule has 0 bridgehead atoms. The van der Waals surface area contributed by atoms with E-state index in [9.17, 15) is 24.0 Å². The Morgan fingerprint density at radius 1 is 0.738 bits per heavy atom. The number of H-pyrrole nitrogens is 1. The van der Waals surface area contributed by atoms with Crippen LogP contribution in [-0.4, -0.2) is 52.4 Å². The number of nitrogens with one attached hydrogen (secondary N) is 1. The summed E-state index contributed by atoms with van der Waals surface area (Å²) in [5, 5.41) is 0. The number of aryl methyl sites for hydroxylation is 1. The number of hydrogen-bond donors (Lipinski definition) is 1. The lowest BCUT2D eigenvalue weighted by atomic mass is 10.1. The van der Waals surface area contributed by atoms with Gasteiger partial charge in [0, 0.05) is 11.8 Å². The van der Waals surface area contributed by atoms with E-state index in [0.717, 1.165) is 4.57 Å². The number of carbonyl (C=O) groups is 3. The molecule has 1 saturated heterocycles. The molecule has 0 aliphatic carbocycles. The molecule has 42 heavy (non-hydrogen) atoms. The molecule has 11 nitrogen and oxygen atoms in total. The molecule has 1 aliphatic rings. The van der Waals surface area contributed by atoms with Crippen LogP contribution >= 0.6 is 0 Å². The van der Waals surface area contributed by atoms with E-state index in [1.807, 2.05) is 0 Å². The number of rotatable bonds is 8. The molecule has 0 amide bonds. The zero-order chi connectivity index (χ0) is 29.6. The molecule has 3 aromatic carbocycles. The van der Waals surface area contributed by atoms with Gasteiger partial charge in [-0.1, -0.05) is 54.6 Å². The predicted octanol–water partition coefficient (Wildman–Crippen LogP) is 3.05. The van der Waals surface area contributed by atoms with Gasteiger partial charge in [0.2, 0.25) is 0 Å². The van der Waals surface area contributed by atoms with Gasteiger partial charge in [0.25, 0.3) is 5.56 Å². The molecule has 0 unspecified atom stereocenters. The number of benzene rings is 3. The molecular weight excluding hydrogens is 544 g/mol. The largest absolute Gasteiger partial charge is 0.459 e. The Hall–Kier alpha value is -5.29. The van der Waals surface area contributed by atoms with E-state index in [1.54, 1.807) is 78.9 Å². The van der Waals surface area contributed by atoms with Crippen molar-refractivity contribution in [3.63, 3.8) is 0 Å². The minimum absolute atomic E-state index is 0.183. The fourth-order valence-corrected chi connectivity index (χ4v) is 4.46. The molecule has 1 aliphatic heterocycles. The third-order valence-electron chi connectivity index (χ3n) is 6.60. The molecule has 11 heteroatoms. The van der Waals surface area contributed by atoms with Crippen LogP contribution in [0.4, 0.5) is 0 Å². The molecule has 214 valence electrons. The minimum Gasteiger partial charge on any atom is -0.459 e. The zero-order valence-corrected chi connectivity index (χ0v) is 22.4. The molecule has 0 radical (unpaired) electrons. The Morgan fingerprint density at radius 2 is 1.21 bits per heavy atom. The lowest BCUT2D eigenvalue weighted by Gasteiger charge is -2.25. The van der Waals surface area contributed by atoms with Gasteiger partial charge in [-0.25, -0.2) is 19.2 Å². The fraction of sp³-hybridized carbons (Fsp3) is 0.194. The molecule has 1 N–H and O–H groups in total. The van der Waals surface area contributed by atoms with Crippen molar-refractivity contribution in [2.45, 2.75) is 31.5 Å². The standard InChI is InChI=1S/C31H26N2O9/c1-19-17-33(31(38)32-26(19)34)27-25(42-30(37)22-15-9-4-10-16-22)24(41-29(36)21-13-7-3-8-14-21)23(40-27)18-39-28(35)20-11-5-2-6-12-20/h2-17,23-25,27H,18H2,1H3,(H,32,34,38)/t23-,24+,25-,27+/m0/s1. The molecular formula is C31H26N2O9. The van der Waals surface area contributed by atoms with E-state index < -0.39 is 60.3 Å². The van der Waals surface area contributed by atoms with Crippen LogP contribution in [0.15, 0.2) is 107 Å². The van der Waals surface area contributed by atoms with Crippen molar-refractivity contribution in [3.05, 3.63) is 140 Å². The van der Waals surface area contributed by atoms with E-state index in [2.05, 4.69) is 4.98 Å². The molecule has 4 atom stereocenters. The van der Waals surface area contributed by atoms with Crippen LogP contribution in [0, 0.1) is 6.92 Å². The lowest BCUT2D eigenvalue weighted by molar-refractivity contribution is -0.0640. The summed E-state index contributed by atoms with van der Waals surface area (Å²) in [5.74, 6) is -2.19. The normalized spacial score (nSPS) is 19.5. The topological polar surface area (TPSA) is 143 Å². The third kappa shape index (κ3) is 6.21. The maximum Gasteiger partial charge on any atom is 0.338 e. The maximum absolute atomic E-state index is 13.2. The monoisotopic (exact) mass is 570 g/mol. The van der Waals surface area contributed by atoms with Crippen LogP contribution in [0.1, 0.15) is 42.9 Å². The highest BCUT2D eigenvalue weighted by Crippen LogP contribution is 2.34. The maximum atomic E-state index is 13.2. The molecule has 2 heterocycles. The lowest BCUT2D eigenvalue weighted by Crippen LogP contribution is -2.43. The van der Waals surface area contributed by atoms with Gasteiger partial charge < -0.3 is 18.9 Å². The second-order valence-electron chi connectivity index (χ2n) is 9.48. The average Bonchev–Trinajstić information content (AvgIpc) is 3.34. The van der Waals surface area contributed by atoms with E-state index in [0.29, 0.717) is 0 Å². The summed E-state index contributed by atoms with van der Waals surface area (Å²) in [6, 6.07) is 24.4. The Balaban J connectivity index is 1.52. The smallest absolute Gasteiger partial charge is 0.338 e. The van der Waals surface area contributed by atoms with Crippen molar-refractivity contribution in [3.8, 4) is 0 Å². The highest BCUT2D eigenvalue weighted by atomic mass is 16.7. The summed E-state index contributed by atoms with van der Waals surface area (Å²) in [6.07, 6.45) is -3.96. The molecule has 5 rings (SSSR count). The SMILES string of the molecule is Cc1cn([C@@H]2O[C@@H](COC(=O)c3ccccc3)[C@@H](OC(=O)c3ccccc3)[C@@H]2OC(=O)c2ccccc2)c(=O)[nH]c1=O. The predicted molar refractivity (Wildman–Crippen MR) is 148 cm³/mol.